The number of methoxy groups -OCH3 is 1. The first-order chi connectivity index (χ1) is 11.8. The lowest BCUT2D eigenvalue weighted by Crippen LogP contribution is -2.43. The molecule has 6 heteroatoms. The number of carbonyl (C=O) groups excluding carboxylic acids is 1. The molecule has 142 valence electrons. The van der Waals surface area contributed by atoms with Crippen LogP contribution in [0.3, 0.4) is 0 Å². The monoisotopic (exact) mass is 414 g/mol. The molecule has 0 aliphatic rings. The number of nitrogens with one attached hydrogen (secondary N) is 2. The Morgan fingerprint density at radius 2 is 1.92 bits per heavy atom. The van der Waals surface area contributed by atoms with Gasteiger partial charge < -0.3 is 20.1 Å². The summed E-state index contributed by atoms with van der Waals surface area (Å²) >= 11 is 3.57. The van der Waals surface area contributed by atoms with E-state index in [1.165, 1.54) is 19.3 Å². The predicted molar refractivity (Wildman–Crippen MR) is 105 cm³/mol. The Morgan fingerprint density at radius 3 is 2.52 bits per heavy atom. The van der Waals surface area contributed by atoms with Gasteiger partial charge in [-0.05, 0) is 51.4 Å². The predicted octanol–water partition coefficient (Wildman–Crippen LogP) is 4.03. The molecule has 0 saturated carbocycles. The zero-order valence-electron chi connectivity index (χ0n) is 16.0. The van der Waals surface area contributed by atoms with E-state index in [2.05, 4.69) is 33.5 Å². The number of unbranched alkanes of at least 4 members (excludes halogenated alkanes) is 2. The summed E-state index contributed by atoms with van der Waals surface area (Å²) < 4.78 is 12.0. The summed E-state index contributed by atoms with van der Waals surface area (Å²) in [4.78, 5) is 11.9. The maximum Gasteiger partial charge on any atom is 0.258 e. The van der Waals surface area contributed by atoms with E-state index in [0.717, 1.165) is 23.1 Å². The van der Waals surface area contributed by atoms with E-state index in [9.17, 15) is 4.79 Å². The normalized spacial score (nSPS) is 11.3. The zero-order valence-corrected chi connectivity index (χ0v) is 17.6. The molecule has 0 unspecified atom stereocenters. The highest BCUT2D eigenvalue weighted by atomic mass is 79.9. The summed E-state index contributed by atoms with van der Waals surface area (Å²) in [6, 6.07) is 3.79. The third-order valence-corrected chi connectivity index (χ3v) is 4.22. The molecule has 5 nitrogen and oxygen atoms in total. The van der Waals surface area contributed by atoms with Gasteiger partial charge in [0.25, 0.3) is 5.91 Å². The molecule has 0 saturated heterocycles. The van der Waals surface area contributed by atoms with Gasteiger partial charge in [-0.1, -0.05) is 35.7 Å². The molecule has 1 aromatic carbocycles. The van der Waals surface area contributed by atoms with Crippen molar-refractivity contribution in [1.82, 2.24) is 10.6 Å². The molecule has 0 aliphatic heterocycles. The summed E-state index contributed by atoms with van der Waals surface area (Å²) in [5.74, 6) is 1.01. The van der Waals surface area contributed by atoms with Crippen LogP contribution in [-0.4, -0.2) is 31.7 Å². The molecular formula is C19H31BrN2O3. The Morgan fingerprint density at radius 1 is 1.20 bits per heavy atom. The number of hydrogen-bond donors (Lipinski definition) is 2. The van der Waals surface area contributed by atoms with Gasteiger partial charge in [-0.15, -0.1) is 0 Å². The molecule has 0 radical (unpaired) electrons. The highest BCUT2D eigenvalue weighted by molar-refractivity contribution is 9.10. The molecule has 1 rings (SSSR count). The highest BCUT2D eigenvalue weighted by Gasteiger charge is 2.16. The number of rotatable bonds is 10. The van der Waals surface area contributed by atoms with Gasteiger partial charge in [0.2, 0.25) is 0 Å². The van der Waals surface area contributed by atoms with Crippen molar-refractivity contribution in [1.29, 1.82) is 0 Å². The molecule has 0 aromatic heterocycles. The van der Waals surface area contributed by atoms with Crippen molar-refractivity contribution < 1.29 is 14.3 Å². The van der Waals surface area contributed by atoms with E-state index in [0.29, 0.717) is 11.5 Å². The maximum atomic E-state index is 11.9. The van der Waals surface area contributed by atoms with Crippen LogP contribution in [0.15, 0.2) is 16.6 Å². The van der Waals surface area contributed by atoms with Crippen LogP contribution in [0.1, 0.15) is 52.5 Å². The van der Waals surface area contributed by atoms with Crippen molar-refractivity contribution in [3.63, 3.8) is 0 Å². The van der Waals surface area contributed by atoms with Crippen molar-refractivity contribution in [3.8, 4) is 11.5 Å². The van der Waals surface area contributed by atoms with Crippen LogP contribution in [0.2, 0.25) is 0 Å². The van der Waals surface area contributed by atoms with Crippen LogP contribution in [0.25, 0.3) is 0 Å². The summed E-state index contributed by atoms with van der Waals surface area (Å²) in [5, 5.41) is 6.30. The van der Waals surface area contributed by atoms with Crippen LogP contribution >= 0.6 is 15.9 Å². The fraction of sp³-hybridized carbons (Fsp3) is 0.632. The fourth-order valence-electron chi connectivity index (χ4n) is 2.31. The van der Waals surface area contributed by atoms with Crippen molar-refractivity contribution in [2.75, 3.05) is 20.3 Å². The second kappa shape index (κ2) is 10.7. The maximum absolute atomic E-state index is 11.9. The second-order valence-electron chi connectivity index (χ2n) is 7.07. The molecule has 1 aromatic rings. The third kappa shape index (κ3) is 8.59. The van der Waals surface area contributed by atoms with Crippen LogP contribution in [-0.2, 0) is 11.3 Å². The average Bonchev–Trinajstić information content (AvgIpc) is 2.52. The average molecular weight is 415 g/mol. The Balaban J connectivity index is 2.66. The van der Waals surface area contributed by atoms with Crippen LogP contribution in [0.4, 0.5) is 0 Å². The van der Waals surface area contributed by atoms with Crippen molar-refractivity contribution in [2.45, 2.75) is 59.0 Å². The summed E-state index contributed by atoms with van der Waals surface area (Å²) in [5.41, 5.74) is 0.818. The van der Waals surface area contributed by atoms with E-state index < -0.39 is 0 Å². The van der Waals surface area contributed by atoms with E-state index in [-0.39, 0.29) is 18.1 Å². The quantitative estimate of drug-likeness (QED) is 0.567. The molecule has 0 aliphatic carbocycles. The van der Waals surface area contributed by atoms with Gasteiger partial charge in [0.05, 0.1) is 7.11 Å². The van der Waals surface area contributed by atoms with Gasteiger partial charge in [0.15, 0.2) is 18.1 Å². The van der Waals surface area contributed by atoms with E-state index in [1.54, 1.807) is 7.11 Å². The standard InChI is InChI=1S/C19H31BrN2O3/c1-6-7-8-9-21-12-14-10-16(24-5)17(11-15(14)20)25-13-18(23)22-19(2,3)4/h10-11,21H,6-9,12-13H2,1-5H3,(H,22,23). The molecule has 0 fully saturated rings. The number of hydrogen-bond acceptors (Lipinski definition) is 4. The first kappa shape index (κ1) is 21.8. The van der Waals surface area contributed by atoms with E-state index >= 15 is 0 Å². The Hall–Kier alpha value is -1.27. The minimum absolute atomic E-state index is 0.0469. The lowest BCUT2D eigenvalue weighted by molar-refractivity contribution is -0.124. The SMILES string of the molecule is CCCCCNCc1cc(OC)c(OCC(=O)NC(C)(C)C)cc1Br. The van der Waals surface area contributed by atoms with Crippen LogP contribution in [0, 0.1) is 0 Å². The molecule has 0 spiro atoms. The van der Waals surface area contributed by atoms with Crippen LogP contribution in [0.5, 0.6) is 11.5 Å². The molecule has 0 heterocycles. The van der Waals surface area contributed by atoms with Gasteiger partial charge in [0.1, 0.15) is 0 Å². The highest BCUT2D eigenvalue weighted by Crippen LogP contribution is 2.33. The topological polar surface area (TPSA) is 59.6 Å². The first-order valence-electron chi connectivity index (χ1n) is 8.77. The molecule has 0 bridgehead atoms. The number of halogens is 1. The molecule has 2 N–H and O–H groups in total. The minimum atomic E-state index is -0.279. The Labute approximate surface area is 160 Å². The Bertz CT molecular complexity index is 556. The lowest BCUT2D eigenvalue weighted by Gasteiger charge is -2.21. The van der Waals surface area contributed by atoms with Gasteiger partial charge in [-0.2, -0.15) is 0 Å². The van der Waals surface area contributed by atoms with Crippen molar-refractivity contribution in [3.05, 3.63) is 22.2 Å². The lowest BCUT2D eigenvalue weighted by atomic mass is 10.1. The molecule has 0 atom stereocenters. The number of ether oxygens (including phenoxy) is 2. The summed E-state index contributed by atoms with van der Waals surface area (Å²) in [6.45, 7) is 9.70. The van der Waals surface area contributed by atoms with E-state index in [4.69, 9.17) is 9.47 Å². The second-order valence-corrected chi connectivity index (χ2v) is 7.92. The van der Waals surface area contributed by atoms with Gasteiger partial charge in [0, 0.05) is 16.6 Å². The zero-order chi connectivity index (χ0) is 18.9. The van der Waals surface area contributed by atoms with Crippen LogP contribution < -0.4 is 20.1 Å². The summed E-state index contributed by atoms with van der Waals surface area (Å²) in [7, 11) is 1.60. The van der Waals surface area contributed by atoms with Gasteiger partial charge >= 0.3 is 0 Å². The van der Waals surface area contributed by atoms with Gasteiger partial charge in [-0.3, -0.25) is 4.79 Å². The number of amides is 1. The van der Waals surface area contributed by atoms with Crippen molar-refractivity contribution >= 4 is 21.8 Å². The molecule has 1 amide bonds. The smallest absolute Gasteiger partial charge is 0.258 e. The van der Waals surface area contributed by atoms with Gasteiger partial charge in [-0.25, -0.2) is 0 Å². The van der Waals surface area contributed by atoms with Crippen molar-refractivity contribution in [2.24, 2.45) is 0 Å². The largest absolute Gasteiger partial charge is 0.493 e. The Kier molecular flexibility index (Phi) is 9.28. The number of benzene rings is 1. The van der Waals surface area contributed by atoms with E-state index in [1.807, 2.05) is 32.9 Å². The fourth-order valence-corrected chi connectivity index (χ4v) is 2.77. The third-order valence-electron chi connectivity index (χ3n) is 3.48. The summed E-state index contributed by atoms with van der Waals surface area (Å²) in [6.07, 6.45) is 3.63. The first-order valence-corrected chi connectivity index (χ1v) is 9.57. The minimum Gasteiger partial charge on any atom is -0.493 e. The molecular weight excluding hydrogens is 384 g/mol. The molecule has 25 heavy (non-hydrogen) atoms. The number of carbonyl (C=O) groups is 1.